The fraction of sp³-hybridized carbons (Fsp3) is 0.355. The second kappa shape index (κ2) is 30.6. The number of carboxylic acids is 2. The molecule has 0 saturated carbocycles. The van der Waals surface area contributed by atoms with Gasteiger partial charge in [-0.15, -0.1) is 0 Å². The predicted octanol–water partition coefficient (Wildman–Crippen LogP) is 4.23. The minimum atomic E-state index is -2.19. The van der Waals surface area contributed by atoms with Gasteiger partial charge in [0, 0.05) is 35.8 Å². The minimum Gasteiger partial charge on any atom is -0.543 e. The fourth-order valence-electron chi connectivity index (χ4n) is 10.2. The van der Waals surface area contributed by atoms with E-state index in [0.29, 0.717) is 47.3 Å². The zero-order chi connectivity index (χ0) is 57.6. The van der Waals surface area contributed by atoms with Crippen LogP contribution >= 0.6 is 0 Å². The Hall–Kier alpha value is -8.48. The number of ether oxygens (including phenoxy) is 10. The molecule has 2 aliphatic rings. The standard InChI is InChI=1S/2C30H35NO6.C2H2O4/c2*1-33-25-11-10-21(15-26(25)34-2)14-23(17-29(32)37-19-20-8-6-5-7-9-20)30-24-18-28(36-4)27(35-3)16-22(24)12-13-31-30;3-1(4)2(5)6/h2*5-11,15-16,18,23,30-31H,12-14,17,19H2,1-4H3;(H,3,4)(H,5,6)/t2*23?,30-;/m11./s1. The van der Waals surface area contributed by atoms with Crippen LogP contribution in [0.2, 0.25) is 0 Å². The van der Waals surface area contributed by atoms with Gasteiger partial charge < -0.3 is 77.8 Å². The van der Waals surface area contributed by atoms with E-state index in [0.717, 1.165) is 59.7 Å². The first kappa shape index (κ1) is 60.7. The summed E-state index contributed by atoms with van der Waals surface area (Å²) < 4.78 is 55.6. The van der Waals surface area contributed by atoms with Gasteiger partial charge in [0.15, 0.2) is 46.0 Å². The van der Waals surface area contributed by atoms with Gasteiger partial charge in [-0.3, -0.25) is 9.59 Å². The van der Waals surface area contributed by atoms with Gasteiger partial charge in [-0.1, -0.05) is 72.8 Å². The van der Waals surface area contributed by atoms with Gasteiger partial charge in [0.25, 0.3) is 0 Å². The summed E-state index contributed by atoms with van der Waals surface area (Å²) in [5.74, 6) is 0.702. The highest BCUT2D eigenvalue weighted by Gasteiger charge is 2.36. The number of esters is 2. The Morgan fingerprint density at radius 3 is 1.07 bits per heavy atom. The van der Waals surface area contributed by atoms with Crippen LogP contribution in [0.4, 0.5) is 0 Å². The zero-order valence-corrected chi connectivity index (χ0v) is 46.6. The molecule has 8 rings (SSSR count). The number of aliphatic carboxylic acids is 2. The van der Waals surface area contributed by atoms with Crippen LogP contribution in [0.3, 0.4) is 0 Å². The maximum atomic E-state index is 13.1. The summed E-state index contributed by atoms with van der Waals surface area (Å²) in [4.78, 5) is 44.0. The molecule has 18 heteroatoms. The molecule has 0 spiro atoms. The van der Waals surface area contributed by atoms with Crippen LogP contribution in [0.25, 0.3) is 0 Å². The molecule has 2 aliphatic heterocycles. The van der Waals surface area contributed by atoms with E-state index in [1.807, 2.05) is 97.1 Å². The van der Waals surface area contributed by atoms with Crippen molar-refractivity contribution in [3.05, 3.63) is 166 Å². The van der Waals surface area contributed by atoms with Crippen molar-refractivity contribution in [3.63, 3.8) is 0 Å². The lowest BCUT2D eigenvalue weighted by Gasteiger charge is -2.31. The fourth-order valence-corrected chi connectivity index (χ4v) is 10.2. The monoisotopic (exact) mass is 1100 g/mol. The third-order valence-electron chi connectivity index (χ3n) is 14.1. The van der Waals surface area contributed by atoms with Crippen molar-refractivity contribution in [1.82, 2.24) is 0 Å². The number of methoxy groups -OCH3 is 8. The van der Waals surface area contributed by atoms with Crippen LogP contribution in [-0.4, -0.2) is 93.8 Å². The molecule has 0 aliphatic carbocycles. The topological polar surface area (TPSA) is 240 Å². The Morgan fingerprint density at radius 2 is 0.750 bits per heavy atom. The SMILES string of the molecule is COc1ccc(CC(CC(=O)OCc2ccccc2)[C@H]2[NH2+]CCc3cc(OC)c(OC)cc32)cc1OC.COc1ccc(CC(CC(=O)OCc2ccccc2)[C@H]2[NH2+]CCc3cc(OC)c(OC)cc32)cc1OC.O=C([O-])C(=O)[O-]. The van der Waals surface area contributed by atoms with E-state index >= 15 is 0 Å². The Morgan fingerprint density at radius 1 is 0.425 bits per heavy atom. The summed E-state index contributed by atoms with van der Waals surface area (Å²) in [5.41, 5.74) is 8.87. The molecule has 0 radical (unpaired) electrons. The van der Waals surface area contributed by atoms with E-state index in [-0.39, 0.29) is 61.9 Å². The molecule has 6 aromatic rings. The quantitative estimate of drug-likeness (QED) is 0.0714. The van der Waals surface area contributed by atoms with Gasteiger partial charge in [0.2, 0.25) is 0 Å². The number of hydrogen-bond donors (Lipinski definition) is 2. The maximum Gasteiger partial charge on any atom is 0.306 e. The Bertz CT molecular complexity index is 2790. The van der Waals surface area contributed by atoms with E-state index in [1.54, 1.807) is 56.9 Å². The summed E-state index contributed by atoms with van der Waals surface area (Å²) in [6, 6.07) is 39.7. The van der Waals surface area contributed by atoms with E-state index in [1.165, 1.54) is 22.3 Å². The van der Waals surface area contributed by atoms with Crippen LogP contribution in [0.5, 0.6) is 46.0 Å². The van der Waals surface area contributed by atoms with Gasteiger partial charge >= 0.3 is 11.9 Å². The van der Waals surface area contributed by atoms with Crippen LogP contribution in [0.15, 0.2) is 121 Å². The Balaban J connectivity index is 0.000000234. The molecular formula is C62H72N2O16. The molecule has 0 bridgehead atoms. The number of hydrogen-bond acceptors (Lipinski definition) is 16. The van der Waals surface area contributed by atoms with Crippen molar-refractivity contribution in [2.75, 3.05) is 70.0 Å². The predicted molar refractivity (Wildman–Crippen MR) is 291 cm³/mol. The molecule has 18 nitrogen and oxygen atoms in total. The van der Waals surface area contributed by atoms with Gasteiger partial charge in [0.05, 0.1) is 94.7 Å². The van der Waals surface area contributed by atoms with Crippen LogP contribution in [0, 0.1) is 11.8 Å². The Labute approximate surface area is 467 Å². The summed E-state index contributed by atoms with van der Waals surface area (Å²) >= 11 is 0. The van der Waals surface area contributed by atoms with Crippen molar-refractivity contribution in [2.45, 2.75) is 63.8 Å². The maximum absolute atomic E-state index is 13.1. The summed E-state index contributed by atoms with van der Waals surface area (Å²) in [5, 5.41) is 22.5. The molecule has 2 heterocycles. The molecule has 80 heavy (non-hydrogen) atoms. The molecule has 0 aromatic heterocycles. The third-order valence-corrected chi connectivity index (χ3v) is 14.1. The lowest BCUT2D eigenvalue weighted by Crippen LogP contribution is -2.88. The van der Waals surface area contributed by atoms with Crippen LogP contribution in [0.1, 0.15) is 69.4 Å². The zero-order valence-electron chi connectivity index (χ0n) is 46.6. The highest BCUT2D eigenvalue weighted by Crippen LogP contribution is 2.40. The minimum absolute atomic E-state index is 0.0153. The van der Waals surface area contributed by atoms with Crippen LogP contribution in [-0.2, 0) is 67.5 Å². The number of carboxylic acid groups (broad SMARTS) is 2. The number of benzene rings is 6. The number of fused-ring (bicyclic) bond motifs is 2. The number of carbonyl (C=O) groups excluding carboxylic acids is 4. The van der Waals surface area contributed by atoms with Crippen molar-refractivity contribution in [1.29, 1.82) is 0 Å². The van der Waals surface area contributed by atoms with Crippen LogP contribution < -0.4 is 58.7 Å². The first-order valence-corrected chi connectivity index (χ1v) is 26.2. The second-order valence-corrected chi connectivity index (χ2v) is 19.0. The number of nitrogens with two attached hydrogens (primary N) is 2. The van der Waals surface area contributed by atoms with E-state index in [2.05, 4.69) is 34.9 Å². The van der Waals surface area contributed by atoms with Crippen molar-refractivity contribution in [2.24, 2.45) is 11.8 Å². The van der Waals surface area contributed by atoms with Gasteiger partial charge in [0.1, 0.15) is 25.3 Å². The van der Waals surface area contributed by atoms with E-state index < -0.39 is 11.9 Å². The third kappa shape index (κ3) is 16.8. The Kier molecular flexibility index (Phi) is 23.2. The molecule has 0 fully saturated rings. The molecule has 0 amide bonds. The average Bonchev–Trinajstić information content (AvgIpc) is 3.49. The molecule has 2 unspecified atom stereocenters. The highest BCUT2D eigenvalue weighted by atomic mass is 16.5. The summed E-state index contributed by atoms with van der Waals surface area (Å²) in [6.45, 7) is 2.38. The van der Waals surface area contributed by atoms with Crippen molar-refractivity contribution in [3.8, 4) is 46.0 Å². The summed E-state index contributed by atoms with van der Waals surface area (Å²) in [7, 11) is 13.1. The molecular weight excluding hydrogens is 1030 g/mol. The first-order valence-electron chi connectivity index (χ1n) is 26.2. The second-order valence-electron chi connectivity index (χ2n) is 19.0. The van der Waals surface area contributed by atoms with Gasteiger partial charge in [-0.05, 0) is 94.8 Å². The molecule has 6 aromatic carbocycles. The molecule has 426 valence electrons. The smallest absolute Gasteiger partial charge is 0.306 e. The largest absolute Gasteiger partial charge is 0.543 e. The van der Waals surface area contributed by atoms with E-state index in [4.69, 9.17) is 67.2 Å². The molecule has 4 N–H and O–H groups in total. The van der Waals surface area contributed by atoms with Gasteiger partial charge in [-0.2, -0.15) is 0 Å². The number of quaternary nitrogens is 2. The highest BCUT2D eigenvalue weighted by molar-refractivity contribution is 6.25. The molecule has 0 saturated heterocycles. The summed E-state index contributed by atoms with van der Waals surface area (Å²) in [6.07, 6.45) is 3.78. The van der Waals surface area contributed by atoms with Gasteiger partial charge in [-0.25, -0.2) is 0 Å². The lowest BCUT2D eigenvalue weighted by atomic mass is 9.81. The number of carbonyl (C=O) groups is 4. The lowest BCUT2D eigenvalue weighted by molar-refractivity contribution is -0.706. The van der Waals surface area contributed by atoms with E-state index in [9.17, 15) is 9.59 Å². The normalized spacial score (nSPS) is 14.7. The molecule has 4 atom stereocenters. The number of rotatable bonds is 22. The first-order chi connectivity index (χ1) is 38.8. The van der Waals surface area contributed by atoms with Crippen molar-refractivity contribution < 1.29 is 87.4 Å². The van der Waals surface area contributed by atoms with Crippen molar-refractivity contribution >= 4 is 23.9 Å². The average molecular weight is 1100 g/mol.